The van der Waals surface area contributed by atoms with E-state index in [0.29, 0.717) is 6.54 Å². The van der Waals surface area contributed by atoms with E-state index in [9.17, 15) is 4.79 Å². The number of benzene rings is 2. The van der Waals surface area contributed by atoms with Crippen LogP contribution in [0.1, 0.15) is 31.9 Å². The van der Waals surface area contributed by atoms with E-state index in [2.05, 4.69) is 50.4 Å². The van der Waals surface area contributed by atoms with E-state index in [1.54, 1.807) is 0 Å². The molecule has 0 spiro atoms. The van der Waals surface area contributed by atoms with Gasteiger partial charge in [-0.1, -0.05) is 81.4 Å². The van der Waals surface area contributed by atoms with E-state index in [1.807, 2.05) is 41.3 Å². The first-order valence-electron chi connectivity index (χ1n) is 8.59. The quantitative estimate of drug-likeness (QED) is 0.933. The summed E-state index contributed by atoms with van der Waals surface area (Å²) in [6, 6.07) is 20.3. The van der Waals surface area contributed by atoms with Gasteiger partial charge < -0.3 is 4.90 Å². The van der Waals surface area contributed by atoms with Crippen LogP contribution in [0.4, 0.5) is 0 Å². The second-order valence-corrected chi connectivity index (χ2v) is 7.63. The second-order valence-electron chi connectivity index (χ2n) is 7.63. The topological polar surface area (TPSA) is 32.3 Å². The summed E-state index contributed by atoms with van der Waals surface area (Å²) in [6.07, 6.45) is 0.774. The highest BCUT2D eigenvalue weighted by Gasteiger charge is 2.43. The van der Waals surface area contributed by atoms with Crippen LogP contribution in [0.15, 0.2) is 60.7 Å². The van der Waals surface area contributed by atoms with Gasteiger partial charge in [-0.2, -0.15) is 0 Å². The molecule has 1 aliphatic rings. The van der Waals surface area contributed by atoms with Crippen molar-refractivity contribution in [2.75, 3.05) is 0 Å². The highest BCUT2D eigenvalue weighted by atomic mass is 16.2. The van der Waals surface area contributed by atoms with E-state index in [-0.39, 0.29) is 23.5 Å². The summed E-state index contributed by atoms with van der Waals surface area (Å²) in [5.41, 5.74) is 2.34. The van der Waals surface area contributed by atoms with Crippen LogP contribution < -0.4 is 5.32 Å². The van der Waals surface area contributed by atoms with Crippen molar-refractivity contribution in [1.29, 1.82) is 0 Å². The number of carbonyl (C=O) groups excluding carboxylic acids is 1. The number of nitrogens with zero attached hydrogens (tertiary/aromatic N) is 1. The molecular formula is C21H26N2O. The first-order valence-corrected chi connectivity index (χ1v) is 8.59. The lowest BCUT2D eigenvalue weighted by Crippen LogP contribution is -2.46. The Labute approximate surface area is 144 Å². The Hall–Kier alpha value is -2.13. The van der Waals surface area contributed by atoms with Crippen molar-refractivity contribution in [3.63, 3.8) is 0 Å². The molecule has 1 fully saturated rings. The van der Waals surface area contributed by atoms with Gasteiger partial charge in [0.15, 0.2) is 0 Å². The standard InChI is InChI=1S/C21H26N2O/c1-21(2,3)20-22-18(14-16-10-6-4-7-11-16)19(24)23(20)15-17-12-8-5-9-13-17/h4-13,18,20,22H,14-15H2,1-3H3/t18-,20+/m1/s1. The van der Waals surface area contributed by atoms with Crippen molar-refractivity contribution in [1.82, 2.24) is 10.2 Å². The highest BCUT2D eigenvalue weighted by molar-refractivity contribution is 5.84. The third-order valence-electron chi connectivity index (χ3n) is 4.55. The first-order chi connectivity index (χ1) is 11.4. The maximum Gasteiger partial charge on any atom is 0.241 e. The van der Waals surface area contributed by atoms with E-state index in [4.69, 9.17) is 0 Å². The van der Waals surface area contributed by atoms with Crippen LogP contribution in [0.3, 0.4) is 0 Å². The average Bonchev–Trinajstić information content (AvgIpc) is 2.86. The number of hydrogen-bond donors (Lipinski definition) is 1. The van der Waals surface area contributed by atoms with Crippen LogP contribution in [0.25, 0.3) is 0 Å². The Morgan fingerprint density at radius 2 is 1.46 bits per heavy atom. The molecule has 0 unspecified atom stereocenters. The molecule has 0 bridgehead atoms. The molecule has 3 heteroatoms. The van der Waals surface area contributed by atoms with Gasteiger partial charge in [0, 0.05) is 6.54 Å². The molecule has 1 saturated heterocycles. The molecular weight excluding hydrogens is 296 g/mol. The fraction of sp³-hybridized carbons (Fsp3) is 0.381. The summed E-state index contributed by atoms with van der Waals surface area (Å²) >= 11 is 0. The summed E-state index contributed by atoms with van der Waals surface area (Å²) in [7, 11) is 0. The molecule has 1 N–H and O–H groups in total. The average molecular weight is 322 g/mol. The monoisotopic (exact) mass is 322 g/mol. The maximum atomic E-state index is 13.0. The fourth-order valence-electron chi connectivity index (χ4n) is 3.34. The molecule has 2 atom stereocenters. The van der Waals surface area contributed by atoms with Gasteiger partial charge in [0.2, 0.25) is 5.91 Å². The van der Waals surface area contributed by atoms with Gasteiger partial charge in [-0.05, 0) is 23.0 Å². The molecule has 0 radical (unpaired) electrons. The molecule has 0 aromatic heterocycles. The molecule has 1 aliphatic heterocycles. The molecule has 2 aromatic carbocycles. The van der Waals surface area contributed by atoms with Crippen LogP contribution in [0.2, 0.25) is 0 Å². The predicted molar refractivity (Wildman–Crippen MR) is 97.3 cm³/mol. The Morgan fingerprint density at radius 3 is 2.00 bits per heavy atom. The van der Waals surface area contributed by atoms with Gasteiger partial charge >= 0.3 is 0 Å². The molecule has 1 amide bonds. The minimum absolute atomic E-state index is 0.0180. The summed E-state index contributed by atoms with van der Waals surface area (Å²) in [5, 5.41) is 3.58. The zero-order valence-electron chi connectivity index (χ0n) is 14.7. The summed E-state index contributed by atoms with van der Waals surface area (Å²) in [6.45, 7) is 7.20. The Morgan fingerprint density at radius 1 is 0.917 bits per heavy atom. The third-order valence-corrected chi connectivity index (χ3v) is 4.55. The van der Waals surface area contributed by atoms with Crippen LogP contribution in [0.5, 0.6) is 0 Å². The van der Waals surface area contributed by atoms with Crippen molar-refractivity contribution < 1.29 is 4.79 Å². The lowest BCUT2D eigenvalue weighted by molar-refractivity contribution is -0.131. The molecule has 2 aromatic rings. The van der Waals surface area contributed by atoms with E-state index >= 15 is 0 Å². The molecule has 0 saturated carbocycles. The highest BCUT2D eigenvalue weighted by Crippen LogP contribution is 2.29. The molecule has 1 heterocycles. The van der Waals surface area contributed by atoms with Gasteiger partial charge in [0.25, 0.3) is 0 Å². The predicted octanol–water partition coefficient (Wildman–Crippen LogP) is 3.60. The number of hydrogen-bond acceptors (Lipinski definition) is 2. The maximum absolute atomic E-state index is 13.0. The van der Waals surface area contributed by atoms with Crippen molar-refractivity contribution in [2.24, 2.45) is 5.41 Å². The van der Waals surface area contributed by atoms with Crippen LogP contribution in [-0.2, 0) is 17.8 Å². The van der Waals surface area contributed by atoms with Crippen LogP contribution in [-0.4, -0.2) is 23.0 Å². The second kappa shape index (κ2) is 6.78. The summed E-state index contributed by atoms with van der Waals surface area (Å²) < 4.78 is 0. The molecule has 24 heavy (non-hydrogen) atoms. The molecule has 0 aliphatic carbocycles. The van der Waals surface area contributed by atoms with Gasteiger partial charge in [0.1, 0.15) is 0 Å². The van der Waals surface area contributed by atoms with E-state index in [1.165, 1.54) is 11.1 Å². The molecule has 126 valence electrons. The lowest BCUT2D eigenvalue weighted by Gasteiger charge is -2.34. The Kier molecular flexibility index (Phi) is 4.72. The molecule has 3 nitrogen and oxygen atoms in total. The van der Waals surface area contributed by atoms with Crippen molar-refractivity contribution in [2.45, 2.75) is 45.9 Å². The van der Waals surface area contributed by atoms with Crippen molar-refractivity contribution in [3.05, 3.63) is 71.8 Å². The Bertz CT molecular complexity index is 676. The normalized spacial score (nSPS) is 21.3. The summed E-state index contributed by atoms with van der Waals surface area (Å²) in [5.74, 6) is 0.197. The van der Waals surface area contributed by atoms with Gasteiger partial charge in [-0.25, -0.2) is 0 Å². The van der Waals surface area contributed by atoms with Crippen molar-refractivity contribution >= 4 is 5.91 Å². The summed E-state index contributed by atoms with van der Waals surface area (Å²) in [4.78, 5) is 15.0. The fourth-order valence-corrected chi connectivity index (χ4v) is 3.34. The number of carbonyl (C=O) groups is 1. The zero-order valence-corrected chi connectivity index (χ0v) is 14.7. The number of amides is 1. The molecule has 3 rings (SSSR count). The third kappa shape index (κ3) is 3.68. The van der Waals surface area contributed by atoms with Gasteiger partial charge in [-0.15, -0.1) is 0 Å². The van der Waals surface area contributed by atoms with Crippen LogP contribution >= 0.6 is 0 Å². The Balaban J connectivity index is 1.81. The van der Waals surface area contributed by atoms with Crippen LogP contribution in [0, 0.1) is 5.41 Å². The number of nitrogens with one attached hydrogen (secondary N) is 1. The minimum atomic E-state index is -0.152. The SMILES string of the molecule is CC(C)(C)[C@H]1N[C@H](Cc2ccccc2)C(=O)N1Cc1ccccc1. The zero-order chi connectivity index (χ0) is 17.2. The van der Waals surface area contributed by atoms with Crippen molar-refractivity contribution in [3.8, 4) is 0 Å². The smallest absolute Gasteiger partial charge is 0.241 e. The van der Waals surface area contributed by atoms with Gasteiger partial charge in [0.05, 0.1) is 12.2 Å². The van der Waals surface area contributed by atoms with E-state index < -0.39 is 0 Å². The number of rotatable bonds is 4. The van der Waals surface area contributed by atoms with Gasteiger partial charge in [-0.3, -0.25) is 10.1 Å². The van der Waals surface area contributed by atoms with E-state index in [0.717, 1.165) is 6.42 Å². The lowest BCUT2D eigenvalue weighted by atomic mass is 9.91. The largest absolute Gasteiger partial charge is 0.321 e. The minimum Gasteiger partial charge on any atom is -0.321 e. The first kappa shape index (κ1) is 16.7.